The summed E-state index contributed by atoms with van der Waals surface area (Å²) in [5, 5.41) is 3.86. The molecule has 0 spiro atoms. The van der Waals surface area contributed by atoms with Crippen LogP contribution in [-0.4, -0.2) is 47.6 Å². The molecule has 0 aliphatic carbocycles. The maximum atomic E-state index is 12.8. The minimum atomic E-state index is -4.52. The van der Waals surface area contributed by atoms with Crippen LogP contribution in [0, 0.1) is 5.92 Å². The monoisotopic (exact) mass is 522 g/mol. The molecule has 0 radical (unpaired) electrons. The molecule has 1 amide bonds. The molecule has 4 heterocycles. The van der Waals surface area contributed by atoms with Gasteiger partial charge in [0.25, 0.3) is 5.91 Å². The predicted molar refractivity (Wildman–Crippen MR) is 125 cm³/mol. The molecule has 5 rings (SSSR count). The lowest BCUT2D eigenvalue weighted by atomic mass is 9.98. The van der Waals surface area contributed by atoms with Gasteiger partial charge in [-0.2, -0.15) is 17.5 Å². The first-order valence-corrected chi connectivity index (χ1v) is 13.2. The zero-order chi connectivity index (χ0) is 24.8. The Bertz CT molecular complexity index is 1410. The number of hydrogen-bond donors (Lipinski definition) is 1. The number of aromatic nitrogens is 2. The number of thioether (sulfide) groups is 1. The van der Waals surface area contributed by atoms with E-state index in [9.17, 15) is 26.4 Å². The average molecular weight is 523 g/mol. The van der Waals surface area contributed by atoms with Crippen molar-refractivity contribution in [1.82, 2.24) is 19.0 Å². The van der Waals surface area contributed by atoms with Crippen LogP contribution in [0.1, 0.15) is 24.1 Å². The summed E-state index contributed by atoms with van der Waals surface area (Å²) in [5.74, 6) is -0.0968. The van der Waals surface area contributed by atoms with Crippen molar-refractivity contribution in [3.63, 3.8) is 0 Å². The van der Waals surface area contributed by atoms with E-state index in [0.29, 0.717) is 24.3 Å². The Morgan fingerprint density at radius 2 is 1.83 bits per heavy atom. The molecule has 1 aromatic carbocycles. The Morgan fingerprint density at radius 1 is 1.11 bits per heavy atom. The number of carbonyl (C=O) groups is 1. The topological polar surface area (TPSA) is 83.8 Å². The number of sulfonamides is 1. The second-order valence-corrected chi connectivity index (χ2v) is 11.4. The van der Waals surface area contributed by atoms with Gasteiger partial charge in [0, 0.05) is 19.6 Å². The Labute approximate surface area is 204 Å². The second-order valence-electron chi connectivity index (χ2n) is 8.43. The molecule has 12 heteroatoms. The number of amides is 1. The Balaban J connectivity index is 1.16. The van der Waals surface area contributed by atoms with E-state index in [1.54, 1.807) is 12.3 Å². The molecule has 1 fully saturated rings. The average Bonchev–Trinajstić information content (AvgIpc) is 3.27. The largest absolute Gasteiger partial charge is 0.416 e. The molecule has 2 aromatic heterocycles. The van der Waals surface area contributed by atoms with Crippen LogP contribution in [0.25, 0.3) is 11.7 Å². The molecule has 0 atom stereocenters. The molecular weight excluding hydrogens is 501 g/mol. The quantitative estimate of drug-likeness (QED) is 0.548. The number of alkyl halides is 3. The van der Waals surface area contributed by atoms with Crippen molar-refractivity contribution in [3.05, 3.63) is 64.8 Å². The van der Waals surface area contributed by atoms with Gasteiger partial charge >= 0.3 is 6.18 Å². The minimum Gasteiger partial charge on any atom is -0.351 e. The summed E-state index contributed by atoms with van der Waals surface area (Å²) in [6.45, 7) is 0.888. The highest BCUT2D eigenvalue weighted by atomic mass is 32.2. The summed E-state index contributed by atoms with van der Waals surface area (Å²) in [6.07, 6.45) is 0.0769. The summed E-state index contributed by atoms with van der Waals surface area (Å²) >= 11 is 1.37. The number of imidazole rings is 1. The lowest BCUT2D eigenvalue weighted by Gasteiger charge is -2.31. The molecule has 7 nitrogen and oxygen atoms in total. The van der Waals surface area contributed by atoms with Gasteiger partial charge < -0.3 is 5.32 Å². The number of benzene rings is 1. The summed E-state index contributed by atoms with van der Waals surface area (Å²) in [5.41, 5.74) is 0.762. The van der Waals surface area contributed by atoms with Crippen molar-refractivity contribution in [1.29, 1.82) is 0 Å². The fraction of sp³-hybridized carbons (Fsp3) is 0.304. The number of piperidine rings is 1. The van der Waals surface area contributed by atoms with Crippen LogP contribution in [0.15, 0.2) is 63.5 Å². The maximum absolute atomic E-state index is 12.8. The molecule has 2 aliphatic heterocycles. The third-order valence-corrected chi connectivity index (χ3v) is 9.15. The standard InChI is InChI=1S/C23H21F3N4O3S2/c24-23(25,26)16-4-6-18(7-5-16)35(32,33)29-10-8-15(9-11-29)13-28-22(31)19-12-17-14-27-20-2-1-3-21(34-19)30(17)20/h1-7,12,14-15H,8-11,13H2,(H,28,31). The van der Waals surface area contributed by atoms with Gasteiger partial charge in [0.2, 0.25) is 10.0 Å². The highest BCUT2D eigenvalue weighted by Crippen LogP contribution is 2.35. The van der Waals surface area contributed by atoms with Crippen LogP contribution in [0.3, 0.4) is 0 Å². The van der Waals surface area contributed by atoms with E-state index in [-0.39, 0.29) is 29.8 Å². The fourth-order valence-electron chi connectivity index (χ4n) is 4.24. The fourth-order valence-corrected chi connectivity index (χ4v) is 6.72. The van der Waals surface area contributed by atoms with Crippen molar-refractivity contribution in [3.8, 4) is 0 Å². The Hall–Kier alpha value is -2.83. The van der Waals surface area contributed by atoms with Crippen LogP contribution in [0.4, 0.5) is 13.2 Å². The van der Waals surface area contributed by atoms with E-state index in [4.69, 9.17) is 0 Å². The minimum absolute atomic E-state index is 0.0983. The van der Waals surface area contributed by atoms with E-state index >= 15 is 0 Å². The van der Waals surface area contributed by atoms with E-state index in [0.717, 1.165) is 40.6 Å². The highest BCUT2D eigenvalue weighted by Gasteiger charge is 2.33. The molecule has 1 saturated heterocycles. The zero-order valence-corrected chi connectivity index (χ0v) is 20.0. The van der Waals surface area contributed by atoms with E-state index in [1.165, 1.54) is 16.1 Å². The summed E-state index contributed by atoms with van der Waals surface area (Å²) < 4.78 is 67.2. The summed E-state index contributed by atoms with van der Waals surface area (Å²) in [6, 6.07) is 9.26. The molecule has 2 aliphatic rings. The molecule has 35 heavy (non-hydrogen) atoms. The molecule has 0 unspecified atom stereocenters. The van der Waals surface area contributed by atoms with Gasteiger partial charge in [-0.05, 0) is 61.2 Å². The SMILES string of the molecule is O=C(NCC1CCN(S(=O)(=O)c2ccc(C(F)(F)F)cc2)CC1)C1=Cc2cnc3cccc(n23)S1. The van der Waals surface area contributed by atoms with Gasteiger partial charge in [-0.1, -0.05) is 17.8 Å². The van der Waals surface area contributed by atoms with Crippen molar-refractivity contribution in [2.75, 3.05) is 19.6 Å². The Kier molecular flexibility index (Phi) is 6.14. The van der Waals surface area contributed by atoms with Gasteiger partial charge in [-0.15, -0.1) is 0 Å². The van der Waals surface area contributed by atoms with Gasteiger partial charge in [-0.25, -0.2) is 13.4 Å². The van der Waals surface area contributed by atoms with E-state index < -0.39 is 21.8 Å². The third-order valence-electron chi connectivity index (χ3n) is 6.18. The molecule has 0 saturated carbocycles. The van der Waals surface area contributed by atoms with Gasteiger partial charge in [-0.3, -0.25) is 9.20 Å². The first kappa shape index (κ1) is 23.9. The summed E-state index contributed by atoms with van der Waals surface area (Å²) in [4.78, 5) is 17.5. The number of nitrogens with one attached hydrogen (secondary N) is 1. The first-order valence-electron chi connectivity index (χ1n) is 10.9. The molecule has 0 bridgehead atoms. The zero-order valence-electron chi connectivity index (χ0n) is 18.3. The van der Waals surface area contributed by atoms with E-state index in [1.807, 2.05) is 22.6 Å². The van der Waals surface area contributed by atoms with Gasteiger partial charge in [0.05, 0.1) is 32.3 Å². The normalized spacial score (nSPS) is 17.4. The van der Waals surface area contributed by atoms with Gasteiger partial charge in [0.1, 0.15) is 5.65 Å². The second kappa shape index (κ2) is 8.99. The van der Waals surface area contributed by atoms with Crippen molar-refractivity contribution < 1.29 is 26.4 Å². The summed E-state index contributed by atoms with van der Waals surface area (Å²) in [7, 11) is -3.88. The number of rotatable bonds is 5. The van der Waals surface area contributed by atoms with Crippen LogP contribution in [0.2, 0.25) is 0 Å². The van der Waals surface area contributed by atoms with Crippen LogP contribution < -0.4 is 5.32 Å². The van der Waals surface area contributed by atoms with Crippen molar-refractivity contribution in [2.45, 2.75) is 28.9 Å². The number of hydrogen-bond acceptors (Lipinski definition) is 5. The number of carbonyl (C=O) groups excluding carboxylic acids is 1. The van der Waals surface area contributed by atoms with Crippen LogP contribution >= 0.6 is 11.8 Å². The number of nitrogens with zero attached hydrogens (tertiary/aromatic N) is 3. The Morgan fingerprint density at radius 3 is 2.51 bits per heavy atom. The molecule has 1 N–H and O–H groups in total. The lowest BCUT2D eigenvalue weighted by molar-refractivity contribution is -0.137. The molecule has 184 valence electrons. The smallest absolute Gasteiger partial charge is 0.351 e. The van der Waals surface area contributed by atoms with E-state index in [2.05, 4.69) is 10.3 Å². The highest BCUT2D eigenvalue weighted by molar-refractivity contribution is 8.04. The predicted octanol–water partition coefficient (Wildman–Crippen LogP) is 4.02. The number of pyridine rings is 1. The lowest BCUT2D eigenvalue weighted by Crippen LogP contribution is -2.41. The van der Waals surface area contributed by atoms with Crippen LogP contribution in [0.5, 0.6) is 0 Å². The van der Waals surface area contributed by atoms with Crippen LogP contribution in [-0.2, 0) is 21.0 Å². The number of halogens is 3. The van der Waals surface area contributed by atoms with Crippen molar-refractivity contribution >= 4 is 39.4 Å². The first-order chi connectivity index (χ1) is 16.6. The maximum Gasteiger partial charge on any atom is 0.416 e. The molecule has 3 aromatic rings. The third kappa shape index (κ3) is 4.69. The van der Waals surface area contributed by atoms with Gasteiger partial charge in [0.15, 0.2) is 0 Å². The molecular formula is C23H21F3N4O3S2. The van der Waals surface area contributed by atoms with Crippen molar-refractivity contribution in [2.24, 2.45) is 5.92 Å².